The monoisotopic (exact) mass is 322 g/mol. The van der Waals surface area contributed by atoms with Gasteiger partial charge in [-0.05, 0) is 62.7 Å². The average Bonchev–Trinajstić information content (AvgIpc) is 2.43. The molecule has 1 aromatic carbocycles. The molecule has 1 aliphatic carbocycles. The molecule has 0 bridgehead atoms. The van der Waals surface area contributed by atoms with Crippen LogP contribution in [0.3, 0.4) is 0 Å². The Morgan fingerprint density at radius 1 is 1.14 bits per heavy atom. The van der Waals surface area contributed by atoms with Gasteiger partial charge in [0.2, 0.25) is 0 Å². The molecule has 0 heterocycles. The van der Waals surface area contributed by atoms with Gasteiger partial charge in [-0.2, -0.15) is 0 Å². The van der Waals surface area contributed by atoms with Gasteiger partial charge < -0.3 is 9.80 Å². The number of rotatable bonds is 4. The third-order valence-corrected chi connectivity index (χ3v) is 4.02. The fourth-order valence-electron chi connectivity index (χ4n) is 2.88. The molecule has 122 valence electrons. The second kappa shape index (κ2) is 8.35. The maximum atomic E-state index is 12.5. The normalized spacial score (nSPS) is 20.1. The van der Waals surface area contributed by atoms with Crippen molar-refractivity contribution in [2.45, 2.75) is 19.3 Å². The van der Waals surface area contributed by atoms with Crippen LogP contribution in [0.15, 0.2) is 29.8 Å². The summed E-state index contributed by atoms with van der Waals surface area (Å²) < 4.78 is 0. The number of ketones is 1. The summed E-state index contributed by atoms with van der Waals surface area (Å²) in [6, 6.07) is 8.37. The lowest BCUT2D eigenvalue weighted by Crippen LogP contribution is -2.31. The molecule has 22 heavy (non-hydrogen) atoms. The molecule has 0 aliphatic heterocycles. The quantitative estimate of drug-likeness (QED) is 0.793. The molecule has 0 amide bonds. The topological polar surface area (TPSA) is 23.6 Å². The van der Waals surface area contributed by atoms with Crippen LogP contribution in [-0.4, -0.2) is 45.4 Å². The zero-order valence-corrected chi connectivity index (χ0v) is 14.8. The number of benzene rings is 1. The number of carbonyl (C=O) groups is 1. The number of hydrogen-bond acceptors (Lipinski definition) is 3. The Hall–Kier alpha value is -1.32. The zero-order valence-electron chi connectivity index (χ0n) is 14.0. The fourth-order valence-corrected chi connectivity index (χ4v) is 2.88. The summed E-state index contributed by atoms with van der Waals surface area (Å²) in [4.78, 5) is 16.7. The molecule has 2 rings (SSSR count). The molecule has 1 atom stereocenters. The Morgan fingerprint density at radius 3 is 2.32 bits per heavy atom. The van der Waals surface area contributed by atoms with Gasteiger partial charge in [0.05, 0.1) is 0 Å². The molecule has 3 nitrogen and oxygen atoms in total. The first-order chi connectivity index (χ1) is 9.97. The molecule has 1 fully saturated rings. The molecule has 4 heteroatoms. The van der Waals surface area contributed by atoms with Crippen molar-refractivity contribution in [2.24, 2.45) is 5.92 Å². The second-order valence-electron chi connectivity index (χ2n) is 6.37. The number of carbonyl (C=O) groups excluding carboxylic acids is 1. The van der Waals surface area contributed by atoms with Gasteiger partial charge in [0.1, 0.15) is 0 Å². The zero-order chi connectivity index (χ0) is 15.4. The van der Waals surface area contributed by atoms with E-state index in [-0.39, 0.29) is 18.3 Å². The van der Waals surface area contributed by atoms with Crippen LogP contribution < -0.4 is 4.90 Å². The van der Waals surface area contributed by atoms with E-state index in [1.54, 1.807) is 0 Å². The number of hydrogen-bond donors (Lipinski definition) is 0. The number of anilines is 1. The smallest absolute Gasteiger partial charge is 0.163 e. The maximum Gasteiger partial charge on any atom is 0.163 e. The standard InChI is InChI=1S/C18H26N2O.ClH/c1-19(2)13-16-7-5-6-15(18(16)21)12-14-8-10-17(11-9-14)20(3)4;/h8-12,16H,5-7,13H2,1-4H3;1H/b15-12+;. The minimum absolute atomic E-state index is 0. The lowest BCUT2D eigenvalue weighted by Gasteiger charge is -2.25. The van der Waals surface area contributed by atoms with Crippen LogP contribution in [0.1, 0.15) is 24.8 Å². The van der Waals surface area contributed by atoms with Gasteiger partial charge in [-0.15, -0.1) is 12.4 Å². The van der Waals surface area contributed by atoms with E-state index in [9.17, 15) is 4.79 Å². The minimum atomic E-state index is 0. The highest BCUT2D eigenvalue weighted by Gasteiger charge is 2.26. The summed E-state index contributed by atoms with van der Waals surface area (Å²) in [5.41, 5.74) is 3.29. The van der Waals surface area contributed by atoms with E-state index in [2.05, 4.69) is 40.1 Å². The van der Waals surface area contributed by atoms with E-state index < -0.39 is 0 Å². The van der Waals surface area contributed by atoms with Crippen molar-refractivity contribution < 1.29 is 4.79 Å². The first kappa shape index (κ1) is 18.7. The summed E-state index contributed by atoms with van der Waals surface area (Å²) in [5.74, 6) is 0.507. The van der Waals surface area contributed by atoms with E-state index in [4.69, 9.17) is 0 Å². The van der Waals surface area contributed by atoms with Crippen LogP contribution in [0.25, 0.3) is 6.08 Å². The molecule has 0 saturated heterocycles. The first-order valence-corrected chi connectivity index (χ1v) is 7.64. The Balaban J connectivity index is 0.00000242. The Kier molecular flexibility index (Phi) is 7.11. The highest BCUT2D eigenvalue weighted by atomic mass is 35.5. The molecule has 0 spiro atoms. The van der Waals surface area contributed by atoms with Gasteiger partial charge in [-0.3, -0.25) is 4.79 Å². The van der Waals surface area contributed by atoms with Crippen LogP contribution in [0.2, 0.25) is 0 Å². The van der Waals surface area contributed by atoms with Gasteiger partial charge in [0.15, 0.2) is 5.78 Å². The molecule has 1 aromatic rings. The van der Waals surface area contributed by atoms with Crippen molar-refractivity contribution >= 4 is 30.0 Å². The van der Waals surface area contributed by atoms with Crippen molar-refractivity contribution in [1.29, 1.82) is 0 Å². The van der Waals surface area contributed by atoms with Gasteiger partial charge in [0.25, 0.3) is 0 Å². The summed E-state index contributed by atoms with van der Waals surface area (Å²) >= 11 is 0. The Morgan fingerprint density at radius 2 is 1.77 bits per heavy atom. The lowest BCUT2D eigenvalue weighted by atomic mass is 9.83. The molecular formula is C18H27ClN2O. The van der Waals surface area contributed by atoms with Gasteiger partial charge in [0, 0.05) is 32.2 Å². The maximum absolute atomic E-state index is 12.5. The molecule has 0 aromatic heterocycles. The molecule has 1 aliphatic rings. The van der Waals surface area contributed by atoms with Gasteiger partial charge >= 0.3 is 0 Å². The average molecular weight is 323 g/mol. The van der Waals surface area contributed by atoms with Crippen LogP contribution in [0.4, 0.5) is 5.69 Å². The Labute approximate surface area is 140 Å². The van der Waals surface area contributed by atoms with E-state index in [0.29, 0.717) is 5.78 Å². The summed E-state index contributed by atoms with van der Waals surface area (Å²) in [7, 11) is 8.13. The Bertz CT molecular complexity index is 520. The van der Waals surface area contributed by atoms with Crippen molar-refractivity contribution in [1.82, 2.24) is 4.90 Å². The van der Waals surface area contributed by atoms with Crippen molar-refractivity contribution in [3.63, 3.8) is 0 Å². The number of allylic oxidation sites excluding steroid dienone is 1. The highest BCUT2D eigenvalue weighted by Crippen LogP contribution is 2.27. The van der Waals surface area contributed by atoms with Crippen molar-refractivity contribution in [2.75, 3.05) is 39.6 Å². The number of Topliss-reactive ketones (excluding diaryl/α,β-unsaturated/α-hetero) is 1. The summed E-state index contributed by atoms with van der Waals surface area (Å²) in [6.45, 7) is 0.857. The van der Waals surface area contributed by atoms with Gasteiger partial charge in [-0.25, -0.2) is 0 Å². The third-order valence-electron chi connectivity index (χ3n) is 4.02. The van der Waals surface area contributed by atoms with E-state index >= 15 is 0 Å². The summed E-state index contributed by atoms with van der Waals surface area (Å²) in [6.07, 6.45) is 5.13. The lowest BCUT2D eigenvalue weighted by molar-refractivity contribution is -0.120. The van der Waals surface area contributed by atoms with E-state index in [0.717, 1.165) is 36.9 Å². The van der Waals surface area contributed by atoms with E-state index in [1.165, 1.54) is 5.69 Å². The third kappa shape index (κ3) is 4.85. The number of halogens is 1. The molecule has 0 N–H and O–H groups in total. The molecule has 1 saturated carbocycles. The SMILES string of the molecule is CN(C)CC1CCC/C(=C\c2ccc(N(C)C)cc2)C1=O.Cl. The number of nitrogens with zero attached hydrogens (tertiary/aromatic N) is 2. The fraction of sp³-hybridized carbons (Fsp3) is 0.500. The minimum Gasteiger partial charge on any atom is -0.378 e. The predicted octanol–water partition coefficient (Wildman–Crippen LogP) is 3.49. The van der Waals surface area contributed by atoms with Crippen LogP contribution in [-0.2, 0) is 4.79 Å². The van der Waals surface area contributed by atoms with Crippen molar-refractivity contribution in [3.8, 4) is 0 Å². The molecular weight excluding hydrogens is 296 g/mol. The first-order valence-electron chi connectivity index (χ1n) is 7.64. The predicted molar refractivity (Wildman–Crippen MR) is 96.9 cm³/mol. The van der Waals surface area contributed by atoms with Gasteiger partial charge in [-0.1, -0.05) is 12.1 Å². The van der Waals surface area contributed by atoms with Crippen LogP contribution in [0, 0.1) is 5.92 Å². The van der Waals surface area contributed by atoms with E-state index in [1.807, 2.05) is 28.2 Å². The highest BCUT2D eigenvalue weighted by molar-refractivity contribution is 6.01. The summed E-state index contributed by atoms with van der Waals surface area (Å²) in [5, 5.41) is 0. The molecule has 1 unspecified atom stereocenters. The second-order valence-corrected chi connectivity index (χ2v) is 6.37. The van der Waals surface area contributed by atoms with Crippen LogP contribution >= 0.6 is 12.4 Å². The van der Waals surface area contributed by atoms with Crippen LogP contribution in [0.5, 0.6) is 0 Å². The van der Waals surface area contributed by atoms with Crippen molar-refractivity contribution in [3.05, 3.63) is 35.4 Å². The molecule has 0 radical (unpaired) electrons. The largest absolute Gasteiger partial charge is 0.378 e.